The Balaban J connectivity index is 0.000000150. The lowest BCUT2D eigenvalue weighted by Crippen LogP contribution is -2.36. The Hall–Kier alpha value is -3.85. The average Bonchev–Trinajstić information content (AvgIpc) is 4.01. The van der Waals surface area contributed by atoms with Crippen molar-refractivity contribution in [1.82, 2.24) is 18.9 Å². The van der Waals surface area contributed by atoms with E-state index in [1.54, 1.807) is 12.4 Å². The molecule has 2 aromatic carbocycles. The van der Waals surface area contributed by atoms with Crippen LogP contribution in [0.2, 0.25) is 5.02 Å². The molecule has 0 atom stereocenters. The van der Waals surface area contributed by atoms with Gasteiger partial charge in [-0.05, 0) is 66.7 Å². The molecule has 4 heterocycles. The van der Waals surface area contributed by atoms with Gasteiger partial charge in [0.1, 0.15) is 0 Å². The van der Waals surface area contributed by atoms with E-state index in [0.29, 0.717) is 11.8 Å². The topological polar surface area (TPSA) is 90.9 Å². The second kappa shape index (κ2) is 13.3. The van der Waals surface area contributed by atoms with Crippen LogP contribution in [0.15, 0.2) is 70.5 Å². The molecule has 9 heteroatoms. The van der Waals surface area contributed by atoms with Crippen molar-refractivity contribution in [3.8, 4) is 11.5 Å². The number of aromatic nitrogens is 2. The summed E-state index contributed by atoms with van der Waals surface area (Å²) in [7, 11) is 0. The van der Waals surface area contributed by atoms with E-state index in [-0.39, 0.29) is 22.4 Å². The minimum atomic E-state index is -0.182. The lowest BCUT2D eigenvalue weighted by molar-refractivity contribution is 0.208. The molecule has 0 bridgehead atoms. The zero-order chi connectivity index (χ0) is 32.7. The summed E-state index contributed by atoms with van der Waals surface area (Å²) in [5.41, 5.74) is 7.31. The van der Waals surface area contributed by atoms with Crippen LogP contribution in [0.4, 0.5) is 0 Å². The first-order chi connectivity index (χ1) is 22.8. The number of aromatic hydroxyl groups is 2. The Morgan fingerprint density at radius 3 is 1.66 bits per heavy atom. The molecular weight excluding hydrogens is 612 g/mol. The molecule has 0 saturated heterocycles. The summed E-state index contributed by atoms with van der Waals surface area (Å²) in [4.78, 5) is 29.4. The highest BCUT2D eigenvalue weighted by molar-refractivity contribution is 6.31. The molecule has 47 heavy (non-hydrogen) atoms. The summed E-state index contributed by atoms with van der Waals surface area (Å²) in [5, 5.41) is 20.6. The molecule has 2 fully saturated rings. The summed E-state index contributed by atoms with van der Waals surface area (Å²) in [5.74, 6) is 0.477. The van der Waals surface area contributed by atoms with Crippen molar-refractivity contribution in [2.24, 2.45) is 0 Å². The molecule has 2 saturated carbocycles. The predicted molar refractivity (Wildman–Crippen MR) is 184 cm³/mol. The second-order valence-corrected chi connectivity index (χ2v) is 13.9. The van der Waals surface area contributed by atoms with Crippen molar-refractivity contribution in [3.05, 3.63) is 126 Å². The zero-order valence-electron chi connectivity index (χ0n) is 27.0. The average molecular weight is 655 g/mol. The van der Waals surface area contributed by atoms with Gasteiger partial charge in [-0.25, -0.2) is 0 Å². The van der Waals surface area contributed by atoms with E-state index in [0.717, 1.165) is 118 Å². The fraction of sp³-hybridized carbons (Fsp3) is 0.421. The van der Waals surface area contributed by atoms with Crippen molar-refractivity contribution >= 4 is 11.6 Å². The smallest absolute Gasteiger partial charge is 0.226 e. The van der Waals surface area contributed by atoms with Gasteiger partial charge >= 0.3 is 0 Å². The highest BCUT2D eigenvalue weighted by Gasteiger charge is 2.34. The lowest BCUT2D eigenvalue weighted by atomic mass is 10.0. The number of halogens is 1. The Morgan fingerprint density at radius 1 is 0.681 bits per heavy atom. The van der Waals surface area contributed by atoms with E-state index in [1.165, 1.54) is 11.1 Å². The predicted octanol–water partition coefficient (Wildman–Crippen LogP) is 6.11. The molecule has 4 aromatic rings. The van der Waals surface area contributed by atoms with Gasteiger partial charge in [0.15, 0.2) is 11.5 Å². The highest BCUT2D eigenvalue weighted by atomic mass is 35.5. The third-order valence-electron chi connectivity index (χ3n) is 10.0. The molecule has 4 aliphatic rings. The van der Waals surface area contributed by atoms with E-state index < -0.39 is 0 Å². The third-order valence-corrected chi connectivity index (χ3v) is 10.4. The SMILES string of the molecule is CCc1ccc(CN2CCn3cc(O)c(=O)c(C4CC4)c3C2)cc1.O=c1c(O)cn2c(c1C1CC1)CN(Cc1ccccc1Cl)CC2. The van der Waals surface area contributed by atoms with Crippen LogP contribution in [0.3, 0.4) is 0 Å². The number of pyridine rings is 2. The van der Waals surface area contributed by atoms with Crippen molar-refractivity contribution in [2.75, 3.05) is 13.1 Å². The van der Waals surface area contributed by atoms with E-state index in [2.05, 4.69) is 45.6 Å². The number of benzene rings is 2. The van der Waals surface area contributed by atoms with Crippen LogP contribution < -0.4 is 10.9 Å². The van der Waals surface area contributed by atoms with E-state index >= 15 is 0 Å². The number of hydrogen-bond donors (Lipinski definition) is 2. The number of fused-ring (bicyclic) bond motifs is 2. The first kappa shape index (κ1) is 31.7. The summed E-state index contributed by atoms with van der Waals surface area (Å²) in [6.07, 6.45) is 8.53. The maximum atomic E-state index is 12.4. The van der Waals surface area contributed by atoms with Gasteiger partial charge in [0.05, 0.1) is 12.4 Å². The fourth-order valence-electron chi connectivity index (χ4n) is 7.11. The van der Waals surface area contributed by atoms with E-state index in [4.69, 9.17) is 11.6 Å². The minimum absolute atomic E-state index is 0.0933. The molecule has 8 rings (SSSR count). The summed E-state index contributed by atoms with van der Waals surface area (Å²) in [6, 6.07) is 16.7. The van der Waals surface area contributed by atoms with Gasteiger partial charge in [-0.2, -0.15) is 0 Å². The first-order valence-electron chi connectivity index (χ1n) is 16.9. The lowest BCUT2D eigenvalue weighted by Gasteiger charge is -2.32. The molecular formula is C38H43ClN4O4. The Kier molecular flexibility index (Phi) is 9.01. The van der Waals surface area contributed by atoms with Crippen molar-refractivity contribution < 1.29 is 10.2 Å². The molecule has 0 amide bonds. The van der Waals surface area contributed by atoms with Crippen LogP contribution >= 0.6 is 11.6 Å². The van der Waals surface area contributed by atoms with Gasteiger partial charge < -0.3 is 19.3 Å². The summed E-state index contributed by atoms with van der Waals surface area (Å²) in [6.45, 7) is 8.80. The Morgan fingerprint density at radius 2 is 1.17 bits per heavy atom. The number of rotatable bonds is 7. The van der Waals surface area contributed by atoms with Gasteiger partial charge in [0.2, 0.25) is 10.9 Å². The molecule has 2 aliphatic heterocycles. The van der Waals surface area contributed by atoms with Gasteiger partial charge in [-0.1, -0.05) is 61.0 Å². The fourth-order valence-corrected chi connectivity index (χ4v) is 7.30. The zero-order valence-corrected chi connectivity index (χ0v) is 27.8. The minimum Gasteiger partial charge on any atom is -0.503 e. The van der Waals surface area contributed by atoms with Gasteiger partial charge in [0, 0.05) is 79.9 Å². The van der Waals surface area contributed by atoms with Crippen molar-refractivity contribution in [2.45, 2.75) is 90.1 Å². The van der Waals surface area contributed by atoms with Crippen molar-refractivity contribution in [3.63, 3.8) is 0 Å². The Labute approximate surface area is 280 Å². The van der Waals surface area contributed by atoms with Crippen LogP contribution in [0.1, 0.15) is 83.6 Å². The van der Waals surface area contributed by atoms with Crippen LogP contribution in [-0.4, -0.2) is 42.2 Å². The third kappa shape index (κ3) is 6.91. The van der Waals surface area contributed by atoms with Crippen molar-refractivity contribution in [1.29, 1.82) is 0 Å². The molecule has 2 aromatic heterocycles. The molecule has 0 unspecified atom stereocenters. The summed E-state index contributed by atoms with van der Waals surface area (Å²) >= 11 is 6.27. The molecule has 2 N–H and O–H groups in total. The summed E-state index contributed by atoms with van der Waals surface area (Å²) < 4.78 is 4.13. The first-order valence-corrected chi connectivity index (χ1v) is 17.3. The van der Waals surface area contributed by atoms with E-state index in [1.807, 2.05) is 28.8 Å². The van der Waals surface area contributed by atoms with Crippen LogP contribution in [-0.2, 0) is 45.7 Å². The molecule has 0 spiro atoms. The van der Waals surface area contributed by atoms with Crippen LogP contribution in [0, 0.1) is 0 Å². The standard InChI is InChI=1S/C20H24N2O2.C18H19ClN2O2/c1-2-14-3-5-15(6-4-14)11-21-9-10-22-13-18(23)20(24)19(16-7-8-16)17(22)12-21;19-14-4-2-1-3-13(14)9-20-7-8-21-11-16(22)18(23)17(12-5-6-12)15(21)10-20/h3-6,13,16,23H,2,7-12H2,1H3;1-4,11-12,22H,5-10H2. The normalized spacial score (nSPS) is 17.8. The molecule has 2 aliphatic carbocycles. The van der Waals surface area contributed by atoms with Gasteiger partial charge in [-0.15, -0.1) is 0 Å². The van der Waals surface area contributed by atoms with Gasteiger partial charge in [-0.3, -0.25) is 19.4 Å². The molecule has 8 nitrogen and oxygen atoms in total. The molecule has 0 radical (unpaired) electrons. The number of nitrogens with zero attached hydrogens (tertiary/aromatic N) is 4. The van der Waals surface area contributed by atoms with Gasteiger partial charge in [0.25, 0.3) is 0 Å². The number of hydrogen-bond acceptors (Lipinski definition) is 6. The highest BCUT2D eigenvalue weighted by Crippen LogP contribution is 2.42. The maximum Gasteiger partial charge on any atom is 0.226 e. The largest absolute Gasteiger partial charge is 0.503 e. The van der Waals surface area contributed by atoms with E-state index in [9.17, 15) is 19.8 Å². The monoisotopic (exact) mass is 654 g/mol. The second-order valence-electron chi connectivity index (χ2n) is 13.5. The Bertz CT molecular complexity index is 1890. The quantitative estimate of drug-likeness (QED) is 0.250. The van der Waals surface area contributed by atoms with Crippen LogP contribution in [0.25, 0.3) is 0 Å². The number of aryl methyl sites for hydroxylation is 1. The molecule has 246 valence electrons. The maximum absolute atomic E-state index is 12.4. The van der Waals surface area contributed by atoms with Crippen LogP contribution in [0.5, 0.6) is 11.5 Å².